The number of anilines is 1. The number of benzene rings is 1. The zero-order valence-electron chi connectivity index (χ0n) is 8.50. The fourth-order valence-electron chi connectivity index (χ4n) is 1.63. The van der Waals surface area contributed by atoms with Crippen LogP contribution in [-0.4, -0.2) is 17.2 Å². The fourth-order valence-corrected chi connectivity index (χ4v) is 2.19. The Morgan fingerprint density at radius 2 is 2.38 bits per heavy atom. The summed E-state index contributed by atoms with van der Waals surface area (Å²) in [4.78, 5) is 0. The smallest absolute Gasteiger partial charge is 0.406 e. The fraction of sp³-hybridized carbons (Fsp3) is 0.333. The minimum absolute atomic E-state index is 0.130. The summed E-state index contributed by atoms with van der Waals surface area (Å²) < 4.78 is 19.0. The van der Waals surface area contributed by atoms with Gasteiger partial charge < -0.3 is 20.1 Å². The molecule has 16 heavy (non-hydrogen) atoms. The molecule has 0 saturated carbocycles. The van der Waals surface area contributed by atoms with Crippen LogP contribution in [0, 0.1) is 5.82 Å². The van der Waals surface area contributed by atoms with Gasteiger partial charge >= 0.3 is 7.05 Å². The van der Waals surface area contributed by atoms with Crippen molar-refractivity contribution >= 4 is 28.7 Å². The number of halogens is 2. The summed E-state index contributed by atoms with van der Waals surface area (Å²) in [6.07, 6.45) is -1.04. The molecule has 1 unspecified atom stereocenters. The summed E-state index contributed by atoms with van der Waals surface area (Å²) in [6.45, 7) is 1.65. The molecule has 0 aromatic heterocycles. The monoisotopic (exact) mass is 289 g/mol. The first-order valence-electron chi connectivity index (χ1n) is 4.75. The van der Waals surface area contributed by atoms with Crippen molar-refractivity contribution in [1.82, 2.24) is 0 Å². The average Bonchev–Trinajstić information content (AvgIpc) is 2.56. The third-order valence-corrected chi connectivity index (χ3v) is 3.19. The second-order valence-corrected chi connectivity index (χ2v) is 4.40. The summed E-state index contributed by atoms with van der Waals surface area (Å²) >= 11 is 3.11. The quantitative estimate of drug-likeness (QED) is 0.724. The Balaban J connectivity index is 2.48. The molecule has 86 valence electrons. The van der Waals surface area contributed by atoms with E-state index in [1.54, 1.807) is 0 Å². The molecule has 7 heteroatoms. The van der Waals surface area contributed by atoms with Crippen LogP contribution in [0.3, 0.4) is 0 Å². The first-order chi connectivity index (χ1) is 7.50. The second kappa shape index (κ2) is 4.33. The minimum atomic E-state index is -1.04. The second-order valence-electron chi connectivity index (χ2n) is 3.60. The van der Waals surface area contributed by atoms with Crippen LogP contribution >= 0.6 is 15.9 Å². The summed E-state index contributed by atoms with van der Waals surface area (Å²) in [6, 6.07) is 1.44. The number of hydrogen-bond donors (Lipinski definition) is 3. The molecule has 1 aliphatic rings. The molecule has 0 fully saturated rings. The normalized spacial score (nSPS) is 18.4. The predicted molar refractivity (Wildman–Crippen MR) is 61.3 cm³/mol. The van der Waals surface area contributed by atoms with E-state index in [-0.39, 0.29) is 16.8 Å². The number of rotatable bonds is 2. The van der Waals surface area contributed by atoms with Gasteiger partial charge in [-0.3, -0.25) is 0 Å². The Kier molecular flexibility index (Phi) is 3.21. The zero-order chi connectivity index (χ0) is 11.9. The van der Waals surface area contributed by atoms with Crippen molar-refractivity contribution in [2.45, 2.75) is 19.7 Å². The van der Waals surface area contributed by atoms with Crippen molar-refractivity contribution in [3.05, 3.63) is 27.5 Å². The van der Waals surface area contributed by atoms with Crippen LogP contribution in [0.25, 0.3) is 0 Å². The Labute approximate surface area is 101 Å². The molecular formula is C9H10BBrFNO3. The van der Waals surface area contributed by atoms with Crippen LogP contribution in [0.15, 0.2) is 10.5 Å². The molecule has 1 aromatic carbocycles. The molecule has 1 heterocycles. The number of aliphatic hydroxyl groups excluding tert-OH is 1. The van der Waals surface area contributed by atoms with Gasteiger partial charge in [0.15, 0.2) is 12.1 Å². The van der Waals surface area contributed by atoms with Gasteiger partial charge in [-0.05, 0) is 28.8 Å². The number of aliphatic hydroxyl groups is 1. The number of ether oxygens (including phenoxy) is 1. The first-order valence-corrected chi connectivity index (χ1v) is 5.55. The highest BCUT2D eigenvalue weighted by atomic mass is 79.9. The van der Waals surface area contributed by atoms with Crippen LogP contribution in [0.5, 0.6) is 0 Å². The van der Waals surface area contributed by atoms with Crippen molar-refractivity contribution in [2.24, 2.45) is 0 Å². The molecule has 0 bridgehead atoms. The first kappa shape index (κ1) is 11.8. The van der Waals surface area contributed by atoms with Gasteiger partial charge in [0.05, 0.1) is 16.8 Å². The largest absolute Gasteiger partial charge is 0.433 e. The van der Waals surface area contributed by atoms with Crippen molar-refractivity contribution in [3.63, 3.8) is 0 Å². The van der Waals surface area contributed by atoms with E-state index in [9.17, 15) is 9.50 Å². The van der Waals surface area contributed by atoms with Gasteiger partial charge in [0.1, 0.15) is 0 Å². The lowest BCUT2D eigenvalue weighted by Crippen LogP contribution is -2.20. The lowest BCUT2D eigenvalue weighted by atomic mass is 9.88. The Morgan fingerprint density at radius 1 is 1.69 bits per heavy atom. The number of nitrogens with one attached hydrogen (secondary N) is 1. The summed E-state index contributed by atoms with van der Waals surface area (Å²) in [5, 5.41) is 21.2. The SMILES string of the molecule is CB(O)Nc1cc2c(c(Br)c1F)COC2O. The highest BCUT2D eigenvalue weighted by molar-refractivity contribution is 9.10. The third-order valence-electron chi connectivity index (χ3n) is 2.36. The van der Waals surface area contributed by atoms with Crippen LogP contribution in [0.2, 0.25) is 6.82 Å². The molecule has 2 rings (SSSR count). The maximum atomic E-state index is 13.8. The molecular weight excluding hydrogens is 280 g/mol. The van der Waals surface area contributed by atoms with Gasteiger partial charge in [-0.25, -0.2) is 4.39 Å². The maximum Gasteiger partial charge on any atom is 0.406 e. The van der Waals surface area contributed by atoms with Crippen LogP contribution in [-0.2, 0) is 11.3 Å². The van der Waals surface area contributed by atoms with E-state index in [2.05, 4.69) is 21.2 Å². The zero-order valence-corrected chi connectivity index (χ0v) is 10.1. The topological polar surface area (TPSA) is 61.7 Å². The Hall–Kier alpha value is -0.625. The molecule has 0 radical (unpaired) electrons. The van der Waals surface area contributed by atoms with Gasteiger partial charge in [-0.2, -0.15) is 0 Å². The van der Waals surface area contributed by atoms with Gasteiger partial charge in [0, 0.05) is 11.1 Å². The summed E-state index contributed by atoms with van der Waals surface area (Å²) in [5.41, 5.74) is 1.24. The van der Waals surface area contributed by atoms with Crippen LogP contribution in [0.4, 0.5) is 10.1 Å². The third kappa shape index (κ3) is 1.95. The summed E-state index contributed by atoms with van der Waals surface area (Å²) in [7, 11) is -0.876. The molecule has 4 nitrogen and oxygen atoms in total. The molecule has 0 spiro atoms. The molecule has 0 aliphatic carbocycles. The van der Waals surface area contributed by atoms with Gasteiger partial charge in [-0.15, -0.1) is 0 Å². The lowest BCUT2D eigenvalue weighted by molar-refractivity contribution is -0.0918. The molecule has 3 N–H and O–H groups in total. The van der Waals surface area contributed by atoms with Gasteiger partial charge in [-0.1, -0.05) is 0 Å². The number of fused-ring (bicyclic) bond motifs is 1. The highest BCUT2D eigenvalue weighted by Gasteiger charge is 2.27. The van der Waals surface area contributed by atoms with Gasteiger partial charge in [0.25, 0.3) is 0 Å². The summed E-state index contributed by atoms with van der Waals surface area (Å²) in [5.74, 6) is -0.502. The molecule has 0 amide bonds. The standard InChI is InChI=1S/C9H10BBrFNO3/c1-10(15)13-6-2-4-5(3-16-9(4)14)7(11)8(6)12/h2,9,13-15H,3H2,1H3. The molecule has 0 saturated heterocycles. The molecule has 1 atom stereocenters. The van der Waals surface area contributed by atoms with Crippen molar-refractivity contribution in [2.75, 3.05) is 5.23 Å². The van der Waals surface area contributed by atoms with Crippen molar-refractivity contribution in [1.29, 1.82) is 0 Å². The van der Waals surface area contributed by atoms with Gasteiger partial charge in [0.2, 0.25) is 0 Å². The van der Waals surface area contributed by atoms with Crippen LogP contribution < -0.4 is 5.23 Å². The maximum absolute atomic E-state index is 13.8. The highest BCUT2D eigenvalue weighted by Crippen LogP contribution is 2.38. The van der Waals surface area contributed by atoms with E-state index in [1.165, 1.54) is 12.9 Å². The Bertz CT molecular complexity index is 430. The van der Waals surface area contributed by atoms with E-state index < -0.39 is 19.2 Å². The lowest BCUT2D eigenvalue weighted by Gasteiger charge is -2.12. The predicted octanol–water partition coefficient (Wildman–Crippen LogP) is 1.63. The average molecular weight is 290 g/mol. The van der Waals surface area contributed by atoms with E-state index in [0.717, 1.165) is 0 Å². The van der Waals surface area contributed by atoms with Crippen molar-refractivity contribution < 1.29 is 19.3 Å². The Morgan fingerprint density at radius 3 is 3.00 bits per heavy atom. The van der Waals surface area contributed by atoms with E-state index in [4.69, 9.17) is 9.76 Å². The van der Waals surface area contributed by atoms with E-state index >= 15 is 0 Å². The van der Waals surface area contributed by atoms with E-state index in [1.807, 2.05) is 0 Å². The minimum Gasteiger partial charge on any atom is -0.433 e. The van der Waals surface area contributed by atoms with E-state index in [0.29, 0.717) is 11.1 Å². The molecule has 1 aromatic rings. The number of hydrogen-bond acceptors (Lipinski definition) is 4. The molecule has 1 aliphatic heterocycles. The van der Waals surface area contributed by atoms with Crippen molar-refractivity contribution in [3.8, 4) is 0 Å². The van der Waals surface area contributed by atoms with Crippen LogP contribution in [0.1, 0.15) is 17.4 Å².